The molecule has 0 fully saturated rings. The van der Waals surface area contributed by atoms with E-state index < -0.39 is 12.0 Å². The Morgan fingerprint density at radius 2 is 2.11 bits per heavy atom. The number of nitrogens with one attached hydrogen (secondary N) is 1. The van der Waals surface area contributed by atoms with Gasteiger partial charge in [0.1, 0.15) is 6.04 Å². The van der Waals surface area contributed by atoms with Crippen LogP contribution in [0.25, 0.3) is 0 Å². The summed E-state index contributed by atoms with van der Waals surface area (Å²) in [4.78, 5) is 25.8. The van der Waals surface area contributed by atoms with Crippen molar-refractivity contribution in [3.8, 4) is 0 Å². The van der Waals surface area contributed by atoms with Crippen molar-refractivity contribution in [2.24, 2.45) is 5.92 Å². The number of hydrogen-bond donors (Lipinski definition) is 1. The van der Waals surface area contributed by atoms with Crippen molar-refractivity contribution in [1.82, 2.24) is 5.32 Å². The van der Waals surface area contributed by atoms with Crippen molar-refractivity contribution in [2.45, 2.75) is 39.2 Å². The van der Waals surface area contributed by atoms with E-state index in [1.54, 1.807) is 0 Å². The van der Waals surface area contributed by atoms with Gasteiger partial charge in [-0.15, -0.1) is 11.3 Å². The second kappa shape index (κ2) is 5.74. The van der Waals surface area contributed by atoms with Crippen LogP contribution in [0.2, 0.25) is 0 Å². The smallest absolute Gasteiger partial charge is 0.328 e. The maximum Gasteiger partial charge on any atom is 0.328 e. The Kier molecular flexibility index (Phi) is 4.24. The molecule has 0 aliphatic heterocycles. The van der Waals surface area contributed by atoms with Gasteiger partial charge in [-0.05, 0) is 36.8 Å². The first-order valence-electron chi connectivity index (χ1n) is 6.53. The number of esters is 1. The van der Waals surface area contributed by atoms with Gasteiger partial charge in [0, 0.05) is 4.88 Å². The average Bonchev–Trinajstić information content (AvgIpc) is 2.94. The van der Waals surface area contributed by atoms with E-state index in [1.165, 1.54) is 35.3 Å². The predicted molar refractivity (Wildman–Crippen MR) is 74.5 cm³/mol. The summed E-state index contributed by atoms with van der Waals surface area (Å²) < 4.78 is 4.72. The van der Waals surface area contributed by atoms with E-state index in [2.05, 4.69) is 5.32 Å². The summed E-state index contributed by atoms with van der Waals surface area (Å²) in [6, 6.07) is 1.37. The number of carbonyl (C=O) groups is 2. The minimum atomic E-state index is -0.588. The summed E-state index contributed by atoms with van der Waals surface area (Å²) >= 11 is 1.54. The highest BCUT2D eigenvalue weighted by Gasteiger charge is 2.27. The molecule has 2 rings (SSSR count). The first-order chi connectivity index (χ1) is 9.02. The van der Waals surface area contributed by atoms with E-state index in [0.29, 0.717) is 4.88 Å². The molecule has 0 saturated carbocycles. The Hall–Kier alpha value is -1.36. The molecular formula is C14H19NO3S. The van der Waals surface area contributed by atoms with E-state index in [0.717, 1.165) is 12.8 Å². The lowest BCUT2D eigenvalue weighted by molar-refractivity contribution is -0.144. The molecule has 104 valence electrons. The first-order valence-corrected chi connectivity index (χ1v) is 7.35. The van der Waals surface area contributed by atoms with E-state index in [-0.39, 0.29) is 11.8 Å². The van der Waals surface area contributed by atoms with Crippen LogP contribution < -0.4 is 5.32 Å². The maximum atomic E-state index is 12.2. The molecule has 5 heteroatoms. The maximum absolute atomic E-state index is 12.2. The Morgan fingerprint density at radius 1 is 1.37 bits per heavy atom. The van der Waals surface area contributed by atoms with Crippen molar-refractivity contribution in [2.75, 3.05) is 7.11 Å². The number of aryl methyl sites for hydroxylation is 2. The number of thiophene rings is 1. The molecule has 0 aromatic carbocycles. The zero-order valence-electron chi connectivity index (χ0n) is 11.5. The van der Waals surface area contributed by atoms with Gasteiger partial charge in [-0.1, -0.05) is 13.8 Å². The molecule has 1 aromatic heterocycles. The molecule has 0 radical (unpaired) electrons. The van der Waals surface area contributed by atoms with Crippen molar-refractivity contribution in [1.29, 1.82) is 0 Å². The fraction of sp³-hybridized carbons (Fsp3) is 0.571. The quantitative estimate of drug-likeness (QED) is 0.861. The Labute approximate surface area is 117 Å². The molecule has 19 heavy (non-hydrogen) atoms. The molecule has 1 aliphatic carbocycles. The topological polar surface area (TPSA) is 55.4 Å². The van der Waals surface area contributed by atoms with Gasteiger partial charge in [0.2, 0.25) is 0 Å². The number of rotatable bonds is 4. The summed E-state index contributed by atoms with van der Waals surface area (Å²) in [5.74, 6) is -0.570. The number of carbonyl (C=O) groups excluding carboxylic acids is 2. The average molecular weight is 281 g/mol. The van der Waals surface area contributed by atoms with Crippen LogP contribution in [0, 0.1) is 5.92 Å². The Bertz CT molecular complexity index is 471. The van der Waals surface area contributed by atoms with Gasteiger partial charge in [-0.2, -0.15) is 0 Å². The molecule has 1 N–H and O–H groups in total. The fourth-order valence-electron chi connectivity index (χ4n) is 2.28. The lowest BCUT2D eigenvalue weighted by Gasteiger charge is -2.19. The van der Waals surface area contributed by atoms with Gasteiger partial charge in [-0.25, -0.2) is 4.79 Å². The predicted octanol–water partition coefficient (Wildman–Crippen LogP) is 2.16. The Morgan fingerprint density at radius 3 is 2.68 bits per heavy atom. The molecule has 1 aromatic rings. The zero-order chi connectivity index (χ0) is 14.0. The van der Waals surface area contributed by atoms with Gasteiger partial charge in [0.25, 0.3) is 5.91 Å². The monoisotopic (exact) mass is 281 g/mol. The SMILES string of the molecule is COC(=O)C(NC(=O)c1cc2c(s1)CCC2)C(C)C. The minimum Gasteiger partial charge on any atom is -0.467 e. The molecule has 1 aliphatic rings. The summed E-state index contributed by atoms with van der Waals surface area (Å²) in [5.41, 5.74) is 1.29. The van der Waals surface area contributed by atoms with Gasteiger partial charge >= 0.3 is 5.97 Å². The number of methoxy groups -OCH3 is 1. The van der Waals surface area contributed by atoms with E-state index >= 15 is 0 Å². The second-order valence-electron chi connectivity index (χ2n) is 5.13. The van der Waals surface area contributed by atoms with Crippen LogP contribution >= 0.6 is 11.3 Å². The highest BCUT2D eigenvalue weighted by molar-refractivity contribution is 7.14. The lowest BCUT2D eigenvalue weighted by Crippen LogP contribution is -2.44. The molecule has 1 unspecified atom stereocenters. The largest absolute Gasteiger partial charge is 0.467 e. The molecule has 0 bridgehead atoms. The van der Waals surface area contributed by atoms with Crippen molar-refractivity contribution >= 4 is 23.2 Å². The van der Waals surface area contributed by atoms with Crippen molar-refractivity contribution < 1.29 is 14.3 Å². The van der Waals surface area contributed by atoms with Crippen molar-refractivity contribution in [3.05, 3.63) is 21.4 Å². The van der Waals surface area contributed by atoms with Crippen LogP contribution in [-0.4, -0.2) is 25.0 Å². The van der Waals surface area contributed by atoms with Crippen molar-refractivity contribution in [3.63, 3.8) is 0 Å². The lowest BCUT2D eigenvalue weighted by atomic mass is 10.0. The van der Waals surface area contributed by atoms with E-state index in [9.17, 15) is 9.59 Å². The summed E-state index contributed by atoms with van der Waals surface area (Å²) in [5, 5.41) is 2.77. The minimum absolute atomic E-state index is 0.00297. The summed E-state index contributed by atoms with van der Waals surface area (Å²) in [6.45, 7) is 3.77. The number of amides is 1. The van der Waals surface area contributed by atoms with Gasteiger partial charge in [0.05, 0.1) is 12.0 Å². The highest BCUT2D eigenvalue weighted by atomic mass is 32.1. The van der Waals surface area contributed by atoms with E-state index in [4.69, 9.17) is 4.74 Å². The fourth-order valence-corrected chi connectivity index (χ4v) is 3.43. The van der Waals surface area contributed by atoms with E-state index in [1.807, 2.05) is 19.9 Å². The van der Waals surface area contributed by atoms with Gasteiger partial charge in [0.15, 0.2) is 0 Å². The number of ether oxygens (including phenoxy) is 1. The van der Waals surface area contributed by atoms with Crippen LogP contribution in [0.3, 0.4) is 0 Å². The normalized spacial score (nSPS) is 15.2. The van der Waals surface area contributed by atoms with Crippen LogP contribution in [0.5, 0.6) is 0 Å². The van der Waals surface area contributed by atoms with Crippen LogP contribution in [-0.2, 0) is 22.4 Å². The summed E-state index contributed by atoms with van der Waals surface area (Å²) in [6.07, 6.45) is 3.31. The molecule has 0 spiro atoms. The molecule has 4 nitrogen and oxygen atoms in total. The number of hydrogen-bond acceptors (Lipinski definition) is 4. The highest BCUT2D eigenvalue weighted by Crippen LogP contribution is 2.30. The molecule has 0 saturated heterocycles. The molecular weight excluding hydrogens is 262 g/mol. The molecule has 1 amide bonds. The molecule has 1 heterocycles. The van der Waals surface area contributed by atoms with Crippen LogP contribution in [0.4, 0.5) is 0 Å². The standard InChI is InChI=1S/C14H19NO3S/c1-8(2)12(14(17)18-3)15-13(16)11-7-9-5-4-6-10(9)19-11/h7-8,12H,4-6H2,1-3H3,(H,15,16). The van der Waals surface area contributed by atoms with Crippen LogP contribution in [0.15, 0.2) is 6.07 Å². The van der Waals surface area contributed by atoms with Gasteiger partial charge < -0.3 is 10.1 Å². The second-order valence-corrected chi connectivity index (χ2v) is 6.27. The Balaban J connectivity index is 2.08. The third-order valence-electron chi connectivity index (χ3n) is 3.38. The zero-order valence-corrected chi connectivity index (χ0v) is 12.3. The number of fused-ring (bicyclic) bond motifs is 1. The van der Waals surface area contributed by atoms with Gasteiger partial charge in [-0.3, -0.25) is 4.79 Å². The first kappa shape index (κ1) is 14.1. The third kappa shape index (κ3) is 2.97. The van der Waals surface area contributed by atoms with Crippen LogP contribution in [0.1, 0.15) is 40.4 Å². The summed E-state index contributed by atoms with van der Waals surface area (Å²) in [7, 11) is 1.34. The molecule has 1 atom stereocenters. The third-order valence-corrected chi connectivity index (χ3v) is 4.61.